The number of hydrogen-bond donors (Lipinski definition) is 0. The third-order valence-electron chi connectivity index (χ3n) is 2.21. The topological polar surface area (TPSA) is 17.1 Å². The number of benzene rings is 2. The van der Waals surface area contributed by atoms with E-state index in [0.717, 1.165) is 10.9 Å². The molecular weight excluding hydrogens is 215 g/mol. The molecule has 16 heavy (non-hydrogen) atoms. The molecule has 0 saturated heterocycles. The summed E-state index contributed by atoms with van der Waals surface area (Å²) in [6, 6.07) is 19.4. The third-order valence-corrected chi connectivity index (χ3v) is 3.44. The molecule has 0 fully saturated rings. The van der Waals surface area contributed by atoms with Gasteiger partial charge in [-0.05, 0) is 23.8 Å². The van der Waals surface area contributed by atoms with Gasteiger partial charge in [-0.2, -0.15) is 0 Å². The summed E-state index contributed by atoms with van der Waals surface area (Å²) in [5.74, 6) is 1.75. The molecule has 1 nitrogen and oxygen atoms in total. The average Bonchev–Trinajstić information content (AvgIpc) is 2.38. The van der Waals surface area contributed by atoms with Crippen LogP contribution in [0.3, 0.4) is 0 Å². The van der Waals surface area contributed by atoms with E-state index >= 15 is 0 Å². The van der Waals surface area contributed by atoms with Crippen molar-refractivity contribution in [1.82, 2.24) is 0 Å². The van der Waals surface area contributed by atoms with Crippen molar-refractivity contribution in [3.05, 3.63) is 72.0 Å². The molecule has 2 rings (SSSR count). The van der Waals surface area contributed by atoms with E-state index < -0.39 is 7.80 Å². The summed E-state index contributed by atoms with van der Waals surface area (Å²) in [4.78, 5) is 0. The molecule has 78 valence electrons. The quantitative estimate of drug-likeness (QED) is 0.728. The first-order valence-electron chi connectivity index (χ1n) is 5.11. The summed E-state index contributed by atoms with van der Waals surface area (Å²) in [6.45, 7) is 0. The SMILES string of the molecule is O=[P+](C=Cc1ccccc1)c1ccccc1. The lowest BCUT2D eigenvalue weighted by Crippen LogP contribution is -1.91. The molecule has 0 aliphatic rings. The fourth-order valence-electron chi connectivity index (χ4n) is 1.38. The molecule has 1 unspecified atom stereocenters. The Morgan fingerprint density at radius 3 is 2.00 bits per heavy atom. The van der Waals surface area contributed by atoms with Crippen LogP contribution >= 0.6 is 7.80 Å². The van der Waals surface area contributed by atoms with Gasteiger partial charge in [0.1, 0.15) is 0 Å². The Hall–Kier alpha value is -1.72. The maximum atomic E-state index is 11.9. The van der Waals surface area contributed by atoms with E-state index in [1.807, 2.05) is 66.7 Å². The summed E-state index contributed by atoms with van der Waals surface area (Å²) in [6.07, 6.45) is 1.89. The predicted molar refractivity (Wildman–Crippen MR) is 69.2 cm³/mol. The molecule has 0 N–H and O–H groups in total. The van der Waals surface area contributed by atoms with E-state index in [9.17, 15) is 4.57 Å². The molecule has 0 aromatic heterocycles. The lowest BCUT2D eigenvalue weighted by molar-refractivity contribution is 0.598. The maximum absolute atomic E-state index is 11.9. The standard InChI is InChI=1S/C14H12OP/c15-16(14-9-5-2-6-10-14)12-11-13-7-3-1-4-8-13/h1-12H/q+1. The van der Waals surface area contributed by atoms with Crippen LogP contribution in [0.4, 0.5) is 0 Å². The number of rotatable bonds is 3. The van der Waals surface area contributed by atoms with E-state index in [4.69, 9.17) is 0 Å². The van der Waals surface area contributed by atoms with Crippen LogP contribution in [0.1, 0.15) is 5.56 Å². The Bertz CT molecular complexity index is 489. The summed E-state index contributed by atoms with van der Waals surface area (Å²) < 4.78 is 11.9. The highest BCUT2D eigenvalue weighted by molar-refractivity contribution is 7.56. The fourth-order valence-corrected chi connectivity index (χ4v) is 2.32. The molecule has 2 aromatic rings. The molecule has 0 aliphatic carbocycles. The van der Waals surface area contributed by atoms with Crippen LogP contribution in [0.2, 0.25) is 0 Å². The molecule has 2 aromatic carbocycles. The Morgan fingerprint density at radius 2 is 1.38 bits per heavy atom. The second-order valence-electron chi connectivity index (χ2n) is 3.39. The van der Waals surface area contributed by atoms with Gasteiger partial charge in [0.25, 0.3) is 0 Å². The molecule has 0 radical (unpaired) electrons. The largest absolute Gasteiger partial charge is 0.407 e. The second-order valence-corrected chi connectivity index (χ2v) is 4.85. The predicted octanol–water partition coefficient (Wildman–Crippen LogP) is 3.81. The van der Waals surface area contributed by atoms with Crippen LogP contribution in [-0.2, 0) is 4.57 Å². The monoisotopic (exact) mass is 227 g/mol. The zero-order valence-corrected chi connectivity index (χ0v) is 9.68. The maximum Gasteiger partial charge on any atom is 0.407 e. The van der Waals surface area contributed by atoms with Crippen molar-refractivity contribution in [2.45, 2.75) is 0 Å². The van der Waals surface area contributed by atoms with Gasteiger partial charge in [-0.1, -0.05) is 53.1 Å². The second kappa shape index (κ2) is 5.39. The van der Waals surface area contributed by atoms with E-state index in [1.165, 1.54) is 0 Å². The van der Waals surface area contributed by atoms with Gasteiger partial charge in [0.15, 0.2) is 11.1 Å². The van der Waals surface area contributed by atoms with Gasteiger partial charge in [-0.25, -0.2) is 0 Å². The van der Waals surface area contributed by atoms with Crippen LogP contribution in [0.15, 0.2) is 66.5 Å². The first kappa shape index (κ1) is 10.8. The van der Waals surface area contributed by atoms with Crippen molar-refractivity contribution in [3.8, 4) is 0 Å². The molecular formula is C14H12OP+. The summed E-state index contributed by atoms with van der Waals surface area (Å²) in [5, 5.41) is 0.865. The Kier molecular flexibility index (Phi) is 3.63. The third kappa shape index (κ3) is 2.88. The van der Waals surface area contributed by atoms with Crippen molar-refractivity contribution in [2.24, 2.45) is 0 Å². The van der Waals surface area contributed by atoms with E-state index in [1.54, 1.807) is 5.82 Å². The Morgan fingerprint density at radius 1 is 0.812 bits per heavy atom. The summed E-state index contributed by atoms with van der Waals surface area (Å²) >= 11 is 0. The van der Waals surface area contributed by atoms with Crippen LogP contribution in [0.5, 0.6) is 0 Å². The normalized spacial score (nSPS) is 11.6. The number of hydrogen-bond acceptors (Lipinski definition) is 1. The highest BCUT2D eigenvalue weighted by atomic mass is 31.1. The first-order valence-corrected chi connectivity index (χ1v) is 6.44. The zero-order chi connectivity index (χ0) is 11.2. The molecule has 0 heterocycles. The average molecular weight is 227 g/mol. The van der Waals surface area contributed by atoms with Gasteiger partial charge in [0, 0.05) is 0 Å². The molecule has 0 aliphatic heterocycles. The van der Waals surface area contributed by atoms with Gasteiger partial charge in [-0.3, -0.25) is 0 Å². The van der Waals surface area contributed by atoms with Crippen LogP contribution in [-0.4, -0.2) is 0 Å². The minimum absolute atomic E-state index is 0.865. The van der Waals surface area contributed by atoms with Crippen molar-refractivity contribution < 1.29 is 4.57 Å². The van der Waals surface area contributed by atoms with Crippen LogP contribution in [0.25, 0.3) is 6.08 Å². The lowest BCUT2D eigenvalue weighted by atomic mass is 10.2. The Balaban J connectivity index is 2.12. The van der Waals surface area contributed by atoms with E-state index in [-0.39, 0.29) is 0 Å². The van der Waals surface area contributed by atoms with E-state index in [2.05, 4.69) is 0 Å². The van der Waals surface area contributed by atoms with Crippen molar-refractivity contribution in [3.63, 3.8) is 0 Å². The fraction of sp³-hybridized carbons (Fsp3) is 0. The highest BCUT2D eigenvalue weighted by Crippen LogP contribution is 2.22. The van der Waals surface area contributed by atoms with Gasteiger partial charge in [0.2, 0.25) is 0 Å². The van der Waals surface area contributed by atoms with Gasteiger partial charge >= 0.3 is 7.80 Å². The van der Waals surface area contributed by atoms with Crippen molar-refractivity contribution >= 4 is 19.2 Å². The molecule has 0 bridgehead atoms. The first-order chi connectivity index (χ1) is 7.86. The Labute approximate surface area is 96.2 Å². The summed E-state index contributed by atoms with van der Waals surface area (Å²) in [5.41, 5.74) is 1.07. The van der Waals surface area contributed by atoms with Crippen molar-refractivity contribution in [1.29, 1.82) is 0 Å². The van der Waals surface area contributed by atoms with Crippen LogP contribution < -0.4 is 5.30 Å². The van der Waals surface area contributed by atoms with Gasteiger partial charge in [0.05, 0.1) is 0 Å². The molecule has 1 atom stereocenters. The van der Waals surface area contributed by atoms with Crippen LogP contribution in [0, 0.1) is 0 Å². The molecule has 0 saturated carbocycles. The zero-order valence-electron chi connectivity index (χ0n) is 8.78. The van der Waals surface area contributed by atoms with Crippen molar-refractivity contribution in [2.75, 3.05) is 0 Å². The molecule has 0 amide bonds. The minimum atomic E-state index is -1.43. The lowest BCUT2D eigenvalue weighted by Gasteiger charge is -1.87. The van der Waals surface area contributed by atoms with Gasteiger partial charge in [-0.15, -0.1) is 0 Å². The van der Waals surface area contributed by atoms with E-state index in [0.29, 0.717) is 0 Å². The highest BCUT2D eigenvalue weighted by Gasteiger charge is 2.13. The minimum Gasteiger partial charge on any atom is -0.0622 e. The molecule has 2 heteroatoms. The molecule has 0 spiro atoms. The smallest absolute Gasteiger partial charge is 0.0622 e. The summed E-state index contributed by atoms with van der Waals surface area (Å²) in [7, 11) is -1.43. The van der Waals surface area contributed by atoms with Gasteiger partial charge < -0.3 is 0 Å².